The van der Waals surface area contributed by atoms with E-state index >= 15 is 0 Å². The lowest BCUT2D eigenvalue weighted by Crippen LogP contribution is -2.45. The maximum absolute atomic E-state index is 13.2. The van der Waals surface area contributed by atoms with Crippen LogP contribution in [0.2, 0.25) is 5.02 Å². The van der Waals surface area contributed by atoms with Crippen LogP contribution in [0.1, 0.15) is 36.2 Å². The third-order valence-electron chi connectivity index (χ3n) is 6.14. The van der Waals surface area contributed by atoms with Crippen molar-refractivity contribution in [3.05, 3.63) is 75.4 Å². The van der Waals surface area contributed by atoms with Crippen LogP contribution in [0, 0.1) is 5.21 Å². The highest BCUT2D eigenvalue weighted by atomic mass is 35.5. The summed E-state index contributed by atoms with van der Waals surface area (Å²) >= 11 is 6.03. The number of hydrogen-bond acceptors (Lipinski definition) is 6. The van der Waals surface area contributed by atoms with Crippen molar-refractivity contribution in [1.29, 1.82) is 0 Å². The van der Waals surface area contributed by atoms with Gasteiger partial charge in [0.15, 0.2) is 0 Å². The number of alkyl halides is 3. The number of hydrazone groups is 1. The second-order valence-electron chi connectivity index (χ2n) is 8.92. The molecule has 0 fully saturated rings. The van der Waals surface area contributed by atoms with Crippen molar-refractivity contribution in [2.24, 2.45) is 0 Å². The molecule has 14 heteroatoms. The number of amides is 2. The number of anilines is 1. The summed E-state index contributed by atoms with van der Waals surface area (Å²) in [6.07, 6.45) is 0.131. The fraction of sp³-hybridized carbons (Fsp3) is 0.360. The summed E-state index contributed by atoms with van der Waals surface area (Å²) in [5, 5.41) is 24.3. The molecule has 1 N–H and O–H groups in total. The van der Waals surface area contributed by atoms with Gasteiger partial charge in [-0.15, -0.1) is 13.2 Å². The number of halogens is 4. The maximum atomic E-state index is 13.2. The first kappa shape index (κ1) is 28.5. The molecule has 210 valence electrons. The monoisotopic (exact) mass is 569 g/mol. The zero-order valence-electron chi connectivity index (χ0n) is 21.2. The van der Waals surface area contributed by atoms with E-state index in [0.717, 1.165) is 10.6 Å². The molecule has 0 saturated carbocycles. The van der Waals surface area contributed by atoms with Gasteiger partial charge in [-0.1, -0.05) is 38.8 Å². The smallest absolute Gasteiger partial charge is 0.573 e. The molecule has 39 heavy (non-hydrogen) atoms. The Morgan fingerprint density at radius 1 is 1.26 bits per heavy atom. The van der Waals surface area contributed by atoms with Crippen LogP contribution in [0.15, 0.2) is 48.2 Å². The van der Waals surface area contributed by atoms with E-state index < -0.39 is 12.4 Å². The molecule has 0 atom stereocenters. The van der Waals surface area contributed by atoms with Gasteiger partial charge < -0.3 is 14.5 Å². The van der Waals surface area contributed by atoms with E-state index in [1.54, 1.807) is 34.9 Å². The quantitative estimate of drug-likeness (QED) is 0.194. The second kappa shape index (κ2) is 11.7. The van der Waals surface area contributed by atoms with Crippen LogP contribution in [0.3, 0.4) is 0 Å². The van der Waals surface area contributed by atoms with Crippen LogP contribution >= 0.6 is 11.6 Å². The second-order valence-corrected chi connectivity index (χ2v) is 9.36. The van der Waals surface area contributed by atoms with Crippen molar-refractivity contribution in [1.82, 2.24) is 14.8 Å². The number of nitrogens with zero attached hydrogens (tertiary/aromatic N) is 5. The SMILES string of the molecule is CN(O)OCCCN1C(=O)N(C)c2cc(C3=CC(OC(F)(F)F)=CCC3)n(Cc3ccc(Cl)cc3)c2C=[N+]1[O-]. The van der Waals surface area contributed by atoms with Crippen LogP contribution in [-0.2, 0) is 16.1 Å². The summed E-state index contributed by atoms with van der Waals surface area (Å²) in [7, 11) is 2.81. The maximum Gasteiger partial charge on any atom is 0.573 e. The third kappa shape index (κ3) is 6.92. The average Bonchev–Trinajstić information content (AvgIpc) is 3.17. The number of benzene rings is 1. The zero-order chi connectivity index (χ0) is 28.3. The molecule has 1 aliphatic heterocycles. The Morgan fingerprint density at radius 2 is 1.97 bits per heavy atom. The number of hydroxylamine groups is 2. The summed E-state index contributed by atoms with van der Waals surface area (Å²) in [5.74, 6) is -0.320. The highest BCUT2D eigenvalue weighted by Gasteiger charge is 2.35. The van der Waals surface area contributed by atoms with E-state index in [4.69, 9.17) is 21.6 Å². The lowest BCUT2D eigenvalue weighted by molar-refractivity contribution is -0.609. The van der Waals surface area contributed by atoms with Crippen LogP contribution in [0.25, 0.3) is 5.57 Å². The fourth-order valence-corrected chi connectivity index (χ4v) is 4.51. The average molecular weight is 570 g/mol. The number of urea groups is 1. The predicted octanol–water partition coefficient (Wildman–Crippen LogP) is 5.15. The van der Waals surface area contributed by atoms with Crippen molar-refractivity contribution < 1.29 is 37.6 Å². The molecular weight excluding hydrogens is 543 g/mol. The minimum atomic E-state index is -4.84. The number of aromatic nitrogens is 1. The van der Waals surface area contributed by atoms with Gasteiger partial charge >= 0.3 is 12.4 Å². The molecule has 2 amide bonds. The summed E-state index contributed by atoms with van der Waals surface area (Å²) in [4.78, 5) is 19.9. The number of carbonyl (C=O) groups excluding carboxylic acids is 1. The molecule has 0 bridgehead atoms. The van der Waals surface area contributed by atoms with Crippen LogP contribution in [0.5, 0.6) is 0 Å². The highest BCUT2D eigenvalue weighted by Crippen LogP contribution is 2.36. The van der Waals surface area contributed by atoms with E-state index in [1.165, 1.54) is 37.4 Å². The molecule has 2 heterocycles. The van der Waals surface area contributed by atoms with Gasteiger partial charge in [-0.3, -0.25) is 14.9 Å². The Labute approximate surface area is 227 Å². The standard InChI is InChI=1S/C25H27ClF3N5O5/c1-30-22-14-21(18-5-3-6-20(13-18)39-25(27,28)29)32(15-17-7-9-19(26)10-8-17)23(22)16-34(37)33(24(30)35)11-4-12-38-31(2)36/h6-10,13-14,16,36H,3-5,11-12,15H2,1-2H3. The van der Waals surface area contributed by atoms with Gasteiger partial charge in [0.05, 0.1) is 18.8 Å². The molecule has 0 spiro atoms. The number of fused-ring (bicyclic) bond motifs is 1. The van der Waals surface area contributed by atoms with Gasteiger partial charge in [-0.05, 0) is 60.8 Å². The Balaban J connectivity index is 1.76. The van der Waals surface area contributed by atoms with E-state index in [0.29, 0.717) is 50.6 Å². The molecule has 1 aliphatic carbocycles. The summed E-state index contributed by atoms with van der Waals surface area (Å²) in [6.45, 7) is 0.332. The Bertz CT molecular complexity index is 1300. The molecule has 4 rings (SSSR count). The van der Waals surface area contributed by atoms with Crippen LogP contribution in [-0.4, -0.2) is 70.7 Å². The van der Waals surface area contributed by atoms with Crippen molar-refractivity contribution in [3.63, 3.8) is 0 Å². The molecule has 0 radical (unpaired) electrons. The van der Waals surface area contributed by atoms with Gasteiger partial charge in [0, 0.05) is 31.4 Å². The number of ether oxygens (including phenoxy) is 1. The number of hydrogen-bond donors (Lipinski definition) is 1. The highest BCUT2D eigenvalue weighted by molar-refractivity contribution is 6.30. The predicted molar refractivity (Wildman–Crippen MR) is 137 cm³/mol. The first-order valence-electron chi connectivity index (χ1n) is 12.0. The molecule has 0 saturated heterocycles. The van der Waals surface area contributed by atoms with Crippen molar-refractivity contribution in [2.75, 3.05) is 32.1 Å². The lowest BCUT2D eigenvalue weighted by atomic mass is 10.0. The minimum Gasteiger partial charge on any atom is -0.596 e. The Kier molecular flexibility index (Phi) is 8.54. The molecular formula is C25H27ClF3N5O5. The van der Waals surface area contributed by atoms with Crippen LogP contribution in [0.4, 0.5) is 23.7 Å². The van der Waals surface area contributed by atoms with E-state index in [2.05, 4.69) is 4.74 Å². The molecule has 2 aromatic rings. The summed E-state index contributed by atoms with van der Waals surface area (Å²) < 4.78 is 44.6. The first-order valence-corrected chi connectivity index (χ1v) is 12.4. The molecule has 0 unspecified atom stereocenters. The lowest BCUT2D eigenvalue weighted by Gasteiger charge is -2.22. The fourth-order valence-electron chi connectivity index (χ4n) is 4.38. The van der Waals surface area contributed by atoms with Crippen molar-refractivity contribution in [2.45, 2.75) is 32.2 Å². The third-order valence-corrected chi connectivity index (χ3v) is 6.39. The molecule has 1 aromatic heterocycles. The first-order chi connectivity index (χ1) is 18.4. The Morgan fingerprint density at radius 3 is 2.64 bits per heavy atom. The van der Waals surface area contributed by atoms with Gasteiger partial charge in [0.2, 0.25) is 6.21 Å². The number of allylic oxidation sites excluding steroid dienone is 3. The van der Waals surface area contributed by atoms with E-state index in [-0.39, 0.29) is 31.9 Å². The number of hydrazine groups is 1. The summed E-state index contributed by atoms with van der Waals surface area (Å²) in [5.41, 5.74) is 2.74. The zero-order valence-corrected chi connectivity index (χ0v) is 21.9. The molecule has 1 aromatic carbocycles. The van der Waals surface area contributed by atoms with E-state index in [1.807, 2.05) is 0 Å². The van der Waals surface area contributed by atoms with Gasteiger partial charge in [0.25, 0.3) is 0 Å². The van der Waals surface area contributed by atoms with E-state index in [9.17, 15) is 23.2 Å². The number of rotatable bonds is 9. The van der Waals surface area contributed by atoms with Crippen LogP contribution < -0.4 is 4.90 Å². The Hall–Kier alpha value is -3.52. The van der Waals surface area contributed by atoms with Crippen molar-refractivity contribution >= 4 is 35.1 Å². The number of carbonyl (C=O) groups is 1. The topological polar surface area (TPSA) is 96.5 Å². The molecule has 2 aliphatic rings. The largest absolute Gasteiger partial charge is 0.596 e. The van der Waals surface area contributed by atoms with Crippen molar-refractivity contribution in [3.8, 4) is 0 Å². The minimum absolute atomic E-state index is 0.0133. The normalized spacial score (nSPS) is 16.1. The summed E-state index contributed by atoms with van der Waals surface area (Å²) in [6, 6.07) is 8.11. The molecule has 10 nitrogen and oxygen atoms in total. The van der Waals surface area contributed by atoms with Gasteiger partial charge in [-0.2, -0.15) is 0 Å². The van der Waals surface area contributed by atoms with Gasteiger partial charge in [-0.25, -0.2) is 4.79 Å². The van der Waals surface area contributed by atoms with Gasteiger partial charge in [0.1, 0.15) is 11.5 Å².